The van der Waals surface area contributed by atoms with Gasteiger partial charge in [0, 0.05) is 0 Å². The smallest absolute Gasteiger partial charge is 0.340 e. The maximum Gasteiger partial charge on any atom is 0.340 e. The number of Topliss-reactive ketones (excluding diaryl/α,β-unsaturated/α-hetero) is 1. The summed E-state index contributed by atoms with van der Waals surface area (Å²) in [7, 11) is -4.06. The standard InChI is InChI=1S/C19H13ClFNO5S2/c20-18-10-9-17(28-18)16(23)11-27-19(24)14-3-1-2-4-15(14)22-29(25,26)13-7-5-12(21)6-8-13/h1-10,22H,11H2. The first kappa shape index (κ1) is 21.0. The topological polar surface area (TPSA) is 89.5 Å². The average Bonchev–Trinajstić information content (AvgIpc) is 3.13. The predicted molar refractivity (Wildman–Crippen MR) is 108 cm³/mol. The molecule has 29 heavy (non-hydrogen) atoms. The number of halogens is 2. The minimum atomic E-state index is -4.06. The van der Waals surface area contributed by atoms with Gasteiger partial charge in [-0.25, -0.2) is 17.6 Å². The van der Waals surface area contributed by atoms with Crippen LogP contribution >= 0.6 is 22.9 Å². The molecule has 3 rings (SSSR count). The Labute approximate surface area is 174 Å². The Morgan fingerprint density at radius 2 is 1.72 bits per heavy atom. The van der Waals surface area contributed by atoms with Crippen LogP contribution in [0.15, 0.2) is 65.6 Å². The largest absolute Gasteiger partial charge is 0.454 e. The van der Waals surface area contributed by atoms with Crippen LogP contribution in [-0.2, 0) is 14.8 Å². The van der Waals surface area contributed by atoms with Gasteiger partial charge in [-0.2, -0.15) is 0 Å². The fourth-order valence-corrected chi connectivity index (χ4v) is 4.36. The third kappa shape index (κ3) is 5.20. The van der Waals surface area contributed by atoms with Crippen molar-refractivity contribution in [3.8, 4) is 0 Å². The van der Waals surface area contributed by atoms with Crippen molar-refractivity contribution >= 4 is 50.4 Å². The van der Waals surface area contributed by atoms with Crippen molar-refractivity contribution in [2.45, 2.75) is 4.90 Å². The summed E-state index contributed by atoms with van der Waals surface area (Å²) in [4.78, 5) is 24.6. The molecule has 1 aromatic heterocycles. The molecule has 150 valence electrons. The van der Waals surface area contributed by atoms with E-state index in [1.54, 1.807) is 6.07 Å². The van der Waals surface area contributed by atoms with Crippen LogP contribution in [0.25, 0.3) is 0 Å². The van der Waals surface area contributed by atoms with Gasteiger partial charge in [0.1, 0.15) is 5.82 Å². The van der Waals surface area contributed by atoms with Crippen molar-refractivity contribution in [2.24, 2.45) is 0 Å². The lowest BCUT2D eigenvalue weighted by molar-refractivity contribution is 0.0477. The second-order valence-electron chi connectivity index (χ2n) is 5.71. The van der Waals surface area contributed by atoms with Gasteiger partial charge in [-0.1, -0.05) is 23.7 Å². The lowest BCUT2D eigenvalue weighted by Gasteiger charge is -2.12. The van der Waals surface area contributed by atoms with E-state index in [4.69, 9.17) is 16.3 Å². The van der Waals surface area contributed by atoms with Gasteiger partial charge in [0.25, 0.3) is 10.0 Å². The molecule has 0 spiro atoms. The van der Waals surface area contributed by atoms with Gasteiger partial charge in [-0.3, -0.25) is 9.52 Å². The van der Waals surface area contributed by atoms with Crippen molar-refractivity contribution in [1.29, 1.82) is 0 Å². The monoisotopic (exact) mass is 453 g/mol. The van der Waals surface area contributed by atoms with E-state index in [1.165, 1.54) is 30.3 Å². The summed E-state index contributed by atoms with van der Waals surface area (Å²) >= 11 is 6.84. The van der Waals surface area contributed by atoms with Gasteiger partial charge in [-0.05, 0) is 48.5 Å². The van der Waals surface area contributed by atoms with Crippen LogP contribution in [0.3, 0.4) is 0 Å². The van der Waals surface area contributed by atoms with Crippen LogP contribution in [0.5, 0.6) is 0 Å². The Morgan fingerprint density at radius 3 is 2.38 bits per heavy atom. The molecule has 2 aromatic carbocycles. The van der Waals surface area contributed by atoms with Crippen molar-refractivity contribution < 1.29 is 27.1 Å². The highest BCUT2D eigenvalue weighted by Crippen LogP contribution is 2.23. The van der Waals surface area contributed by atoms with Gasteiger partial charge in [0.15, 0.2) is 6.61 Å². The summed E-state index contributed by atoms with van der Waals surface area (Å²) in [6, 6.07) is 13.1. The van der Waals surface area contributed by atoms with Crippen molar-refractivity contribution in [1.82, 2.24) is 0 Å². The third-order valence-corrected chi connectivity index (χ3v) is 6.35. The summed E-state index contributed by atoms with van der Waals surface area (Å²) in [6.07, 6.45) is 0. The molecule has 3 aromatic rings. The van der Waals surface area contributed by atoms with E-state index in [2.05, 4.69) is 4.72 Å². The van der Waals surface area contributed by atoms with E-state index in [1.807, 2.05) is 0 Å². The lowest BCUT2D eigenvalue weighted by Crippen LogP contribution is -2.18. The molecule has 0 amide bonds. The minimum Gasteiger partial charge on any atom is -0.454 e. The molecule has 1 heterocycles. The number of para-hydroxylation sites is 1. The molecule has 1 N–H and O–H groups in total. The molecule has 10 heteroatoms. The molecule has 0 atom stereocenters. The third-order valence-electron chi connectivity index (χ3n) is 3.70. The second-order valence-corrected chi connectivity index (χ2v) is 9.11. The lowest BCUT2D eigenvalue weighted by atomic mass is 10.2. The number of esters is 1. The fourth-order valence-electron chi connectivity index (χ4n) is 2.31. The number of carbonyl (C=O) groups excluding carboxylic acids is 2. The summed E-state index contributed by atoms with van der Waals surface area (Å²) in [5, 5.41) is 0. The van der Waals surface area contributed by atoms with E-state index < -0.39 is 34.2 Å². The van der Waals surface area contributed by atoms with Crippen LogP contribution in [0, 0.1) is 5.82 Å². The van der Waals surface area contributed by atoms with Crippen LogP contribution < -0.4 is 4.72 Å². The van der Waals surface area contributed by atoms with Crippen LogP contribution in [0.1, 0.15) is 20.0 Å². The molecular formula is C19H13ClFNO5S2. The quantitative estimate of drug-likeness (QED) is 0.423. The van der Waals surface area contributed by atoms with E-state index in [0.29, 0.717) is 9.21 Å². The second kappa shape index (κ2) is 8.73. The highest BCUT2D eigenvalue weighted by Gasteiger charge is 2.20. The van der Waals surface area contributed by atoms with Crippen molar-refractivity contribution in [3.63, 3.8) is 0 Å². The number of benzene rings is 2. The maximum absolute atomic E-state index is 13.0. The molecule has 6 nitrogen and oxygen atoms in total. The number of ether oxygens (including phenoxy) is 1. The minimum absolute atomic E-state index is 0.0338. The molecule has 0 aliphatic carbocycles. The van der Waals surface area contributed by atoms with Gasteiger partial charge < -0.3 is 4.74 Å². The number of rotatable bonds is 7. The molecule has 0 radical (unpaired) electrons. The number of hydrogen-bond donors (Lipinski definition) is 1. The first-order valence-corrected chi connectivity index (χ1v) is 10.8. The average molecular weight is 454 g/mol. The number of thiophene rings is 1. The molecule has 0 aliphatic rings. The normalized spacial score (nSPS) is 11.1. The van der Waals surface area contributed by atoms with Gasteiger partial charge in [0.2, 0.25) is 5.78 Å². The summed E-state index contributed by atoms with van der Waals surface area (Å²) in [6.45, 7) is -0.519. The first-order chi connectivity index (χ1) is 13.8. The van der Waals surface area contributed by atoms with E-state index >= 15 is 0 Å². The maximum atomic E-state index is 13.0. The number of carbonyl (C=O) groups is 2. The number of hydrogen-bond acceptors (Lipinski definition) is 6. The van der Waals surface area contributed by atoms with Crippen molar-refractivity contribution in [2.75, 3.05) is 11.3 Å². The summed E-state index contributed by atoms with van der Waals surface area (Å²) in [5.74, 6) is -1.89. The molecule has 0 saturated carbocycles. The molecule has 0 bridgehead atoms. The Bertz CT molecular complexity index is 1160. The predicted octanol–water partition coefficient (Wildman–Crippen LogP) is 4.38. The van der Waals surface area contributed by atoms with Gasteiger partial charge in [0.05, 0.1) is 25.4 Å². The molecular weight excluding hydrogens is 441 g/mol. The number of sulfonamides is 1. The molecule has 0 aliphatic heterocycles. The Hall–Kier alpha value is -2.75. The highest BCUT2D eigenvalue weighted by molar-refractivity contribution is 7.92. The van der Waals surface area contributed by atoms with Crippen LogP contribution in [0.2, 0.25) is 4.34 Å². The number of anilines is 1. The zero-order chi connectivity index (χ0) is 21.0. The Kier molecular flexibility index (Phi) is 6.31. The summed E-state index contributed by atoms with van der Waals surface area (Å²) < 4.78 is 45.7. The zero-order valence-corrected chi connectivity index (χ0v) is 17.0. The first-order valence-electron chi connectivity index (χ1n) is 8.09. The van der Waals surface area contributed by atoms with Crippen LogP contribution in [0.4, 0.5) is 10.1 Å². The van der Waals surface area contributed by atoms with Gasteiger partial charge in [-0.15, -0.1) is 11.3 Å². The molecule has 0 saturated heterocycles. The fraction of sp³-hybridized carbons (Fsp3) is 0.0526. The van der Waals surface area contributed by atoms with E-state index in [9.17, 15) is 22.4 Å². The van der Waals surface area contributed by atoms with E-state index in [0.717, 1.165) is 35.6 Å². The number of ketones is 1. The highest BCUT2D eigenvalue weighted by atomic mass is 35.5. The van der Waals surface area contributed by atoms with Gasteiger partial charge >= 0.3 is 5.97 Å². The Morgan fingerprint density at radius 1 is 1.03 bits per heavy atom. The SMILES string of the molecule is O=C(COC(=O)c1ccccc1NS(=O)(=O)c1ccc(F)cc1)c1ccc(Cl)s1. The van der Waals surface area contributed by atoms with Crippen molar-refractivity contribution in [3.05, 3.63) is 81.3 Å². The van der Waals surface area contributed by atoms with Crippen LogP contribution in [-0.4, -0.2) is 26.8 Å². The molecule has 0 fully saturated rings. The zero-order valence-electron chi connectivity index (χ0n) is 14.6. The number of nitrogens with one attached hydrogen (secondary N) is 1. The summed E-state index contributed by atoms with van der Waals surface area (Å²) in [5.41, 5.74) is -0.108. The Balaban J connectivity index is 1.75. The van der Waals surface area contributed by atoms with E-state index in [-0.39, 0.29) is 16.1 Å². The molecule has 0 unspecified atom stereocenters.